The average molecular weight is 472 g/mol. The van der Waals surface area contributed by atoms with Gasteiger partial charge in [0.15, 0.2) is 5.13 Å². The number of fused-ring (bicyclic) bond motifs is 1. The Hall–Kier alpha value is -4.21. The van der Waals surface area contributed by atoms with E-state index in [2.05, 4.69) is 17.1 Å². The SMILES string of the molecule is COc1ccc(-c2cc(-c3ccc4nc(N)sc4c3)nn2Cc2ccc(C(=O)NO)cc2)cc1. The van der Waals surface area contributed by atoms with Crippen LogP contribution in [-0.4, -0.2) is 33.0 Å². The number of carbonyl (C=O) groups is 1. The minimum atomic E-state index is -0.550. The first-order valence-electron chi connectivity index (χ1n) is 10.5. The molecule has 0 fully saturated rings. The third-order valence-electron chi connectivity index (χ3n) is 5.52. The fourth-order valence-corrected chi connectivity index (χ4v) is 4.55. The summed E-state index contributed by atoms with van der Waals surface area (Å²) in [5, 5.41) is 14.3. The number of aromatic nitrogens is 3. The smallest absolute Gasteiger partial charge is 0.274 e. The lowest BCUT2D eigenvalue weighted by Crippen LogP contribution is -2.18. The molecule has 5 rings (SSSR count). The number of hydroxylamine groups is 1. The molecular weight excluding hydrogens is 450 g/mol. The highest BCUT2D eigenvalue weighted by molar-refractivity contribution is 7.22. The molecule has 170 valence electrons. The van der Waals surface area contributed by atoms with Crippen molar-refractivity contribution in [2.75, 3.05) is 12.8 Å². The number of hydrogen-bond donors (Lipinski definition) is 3. The van der Waals surface area contributed by atoms with Gasteiger partial charge in [0.05, 0.1) is 35.3 Å². The van der Waals surface area contributed by atoms with E-state index in [-0.39, 0.29) is 0 Å². The van der Waals surface area contributed by atoms with Gasteiger partial charge in [0.25, 0.3) is 5.91 Å². The van der Waals surface area contributed by atoms with E-state index in [9.17, 15) is 4.79 Å². The number of methoxy groups -OCH3 is 1. The van der Waals surface area contributed by atoms with Gasteiger partial charge in [-0.3, -0.25) is 14.7 Å². The van der Waals surface area contributed by atoms with E-state index >= 15 is 0 Å². The number of ether oxygens (including phenoxy) is 1. The van der Waals surface area contributed by atoms with Crippen molar-refractivity contribution in [3.8, 4) is 28.3 Å². The van der Waals surface area contributed by atoms with Crippen molar-refractivity contribution < 1.29 is 14.7 Å². The minimum Gasteiger partial charge on any atom is -0.497 e. The van der Waals surface area contributed by atoms with Gasteiger partial charge >= 0.3 is 0 Å². The summed E-state index contributed by atoms with van der Waals surface area (Å²) in [5.74, 6) is 0.229. The van der Waals surface area contributed by atoms with E-state index < -0.39 is 5.91 Å². The van der Waals surface area contributed by atoms with E-state index in [1.165, 1.54) is 11.3 Å². The number of amides is 1. The Bertz CT molecular complexity index is 1470. The summed E-state index contributed by atoms with van der Waals surface area (Å²) < 4.78 is 8.24. The van der Waals surface area contributed by atoms with Gasteiger partial charge < -0.3 is 10.5 Å². The lowest BCUT2D eigenvalue weighted by atomic mass is 10.1. The third kappa shape index (κ3) is 4.21. The van der Waals surface area contributed by atoms with Gasteiger partial charge in [-0.25, -0.2) is 10.5 Å². The maximum absolute atomic E-state index is 11.6. The van der Waals surface area contributed by atoms with Crippen LogP contribution in [0.25, 0.3) is 32.7 Å². The first kappa shape index (κ1) is 21.6. The predicted octanol–water partition coefficient (Wildman–Crippen LogP) is 4.58. The lowest BCUT2D eigenvalue weighted by Gasteiger charge is -2.09. The standard InChI is InChI=1S/C25H21N5O3S/c1-33-19-9-6-16(7-10-19)22-13-21(18-8-11-20-23(12-18)34-25(26)27-20)28-30(22)14-15-2-4-17(5-3-15)24(31)29-32/h2-13,32H,14H2,1H3,(H2,26,27)(H,29,31). The van der Waals surface area contributed by atoms with Crippen LogP contribution < -0.4 is 16.0 Å². The summed E-state index contributed by atoms with van der Waals surface area (Å²) in [6.45, 7) is 0.498. The Balaban J connectivity index is 1.55. The summed E-state index contributed by atoms with van der Waals surface area (Å²) >= 11 is 1.45. The summed E-state index contributed by atoms with van der Waals surface area (Å²) in [7, 11) is 1.64. The van der Waals surface area contributed by atoms with Crippen molar-refractivity contribution in [2.24, 2.45) is 0 Å². The van der Waals surface area contributed by atoms with Crippen molar-refractivity contribution in [1.29, 1.82) is 0 Å². The Labute approximate surface area is 199 Å². The van der Waals surface area contributed by atoms with Gasteiger partial charge in [0, 0.05) is 16.7 Å². The molecule has 3 aromatic carbocycles. The van der Waals surface area contributed by atoms with Gasteiger partial charge in [-0.2, -0.15) is 5.10 Å². The van der Waals surface area contributed by atoms with Gasteiger partial charge in [0.2, 0.25) is 0 Å². The fourth-order valence-electron chi connectivity index (χ4n) is 3.77. The molecule has 0 atom stereocenters. The molecule has 0 aliphatic heterocycles. The first-order chi connectivity index (χ1) is 16.5. The normalized spacial score (nSPS) is 11.0. The fraction of sp³-hybridized carbons (Fsp3) is 0.0800. The number of nitrogen functional groups attached to an aromatic ring is 1. The second kappa shape index (κ2) is 8.97. The molecule has 0 radical (unpaired) electrons. The van der Waals surface area contributed by atoms with Crippen LogP contribution in [-0.2, 0) is 6.54 Å². The summed E-state index contributed by atoms with van der Waals surface area (Å²) in [4.78, 5) is 16.0. The molecule has 0 saturated heterocycles. The van der Waals surface area contributed by atoms with Crippen LogP contribution in [0.1, 0.15) is 15.9 Å². The first-order valence-corrected chi connectivity index (χ1v) is 11.3. The molecule has 0 bridgehead atoms. The Morgan fingerprint density at radius 2 is 1.79 bits per heavy atom. The zero-order valence-corrected chi connectivity index (χ0v) is 19.0. The molecule has 4 N–H and O–H groups in total. The topological polar surface area (TPSA) is 115 Å². The molecule has 0 aliphatic carbocycles. The molecule has 2 heterocycles. The number of nitrogens with two attached hydrogens (primary N) is 1. The highest BCUT2D eigenvalue weighted by Crippen LogP contribution is 2.32. The molecule has 0 unspecified atom stereocenters. The molecule has 8 nitrogen and oxygen atoms in total. The molecule has 0 aliphatic rings. The molecule has 0 spiro atoms. The number of rotatable bonds is 6. The Morgan fingerprint density at radius 1 is 1.06 bits per heavy atom. The van der Waals surface area contributed by atoms with Crippen molar-refractivity contribution in [3.63, 3.8) is 0 Å². The summed E-state index contributed by atoms with van der Waals surface area (Å²) in [6, 6.07) is 22.9. The zero-order chi connectivity index (χ0) is 23.7. The summed E-state index contributed by atoms with van der Waals surface area (Å²) in [6.07, 6.45) is 0. The maximum atomic E-state index is 11.6. The van der Waals surface area contributed by atoms with E-state index in [0.29, 0.717) is 17.2 Å². The van der Waals surface area contributed by atoms with Gasteiger partial charge in [-0.15, -0.1) is 0 Å². The van der Waals surface area contributed by atoms with E-state index in [0.717, 1.165) is 44.0 Å². The van der Waals surface area contributed by atoms with Crippen LogP contribution in [0.4, 0.5) is 5.13 Å². The Morgan fingerprint density at radius 3 is 2.50 bits per heavy atom. The number of hydrogen-bond acceptors (Lipinski definition) is 7. The van der Waals surface area contributed by atoms with Crippen LogP contribution in [0.5, 0.6) is 5.75 Å². The number of nitrogens with one attached hydrogen (secondary N) is 1. The van der Waals surface area contributed by atoms with Crippen LogP contribution in [0.2, 0.25) is 0 Å². The molecule has 0 saturated carbocycles. The molecule has 1 amide bonds. The number of benzene rings is 3. The molecule has 9 heteroatoms. The Kier molecular flexibility index (Phi) is 5.70. The molecule has 2 aromatic heterocycles. The van der Waals surface area contributed by atoms with Crippen molar-refractivity contribution in [1.82, 2.24) is 20.2 Å². The van der Waals surface area contributed by atoms with Gasteiger partial charge in [0.1, 0.15) is 5.75 Å². The maximum Gasteiger partial charge on any atom is 0.274 e. The van der Waals surface area contributed by atoms with E-state index in [1.807, 2.05) is 53.2 Å². The van der Waals surface area contributed by atoms with Crippen molar-refractivity contribution >= 4 is 32.6 Å². The second-order valence-electron chi connectivity index (χ2n) is 7.67. The third-order valence-corrected chi connectivity index (χ3v) is 6.36. The van der Waals surface area contributed by atoms with Gasteiger partial charge in [-0.05, 0) is 60.2 Å². The highest BCUT2D eigenvalue weighted by Gasteiger charge is 2.14. The molecule has 5 aromatic rings. The second-order valence-corrected chi connectivity index (χ2v) is 8.74. The number of anilines is 1. The van der Waals surface area contributed by atoms with E-state index in [4.69, 9.17) is 20.8 Å². The van der Waals surface area contributed by atoms with Crippen LogP contribution in [0, 0.1) is 0 Å². The minimum absolute atomic E-state index is 0.375. The number of nitrogens with zero attached hydrogens (tertiary/aromatic N) is 3. The highest BCUT2D eigenvalue weighted by atomic mass is 32.1. The van der Waals surface area contributed by atoms with E-state index in [1.54, 1.807) is 24.7 Å². The number of thiazole rings is 1. The number of carbonyl (C=O) groups excluding carboxylic acids is 1. The largest absolute Gasteiger partial charge is 0.497 e. The monoisotopic (exact) mass is 471 g/mol. The lowest BCUT2D eigenvalue weighted by molar-refractivity contribution is 0.0706. The van der Waals surface area contributed by atoms with Crippen molar-refractivity contribution in [3.05, 3.63) is 83.9 Å². The van der Waals surface area contributed by atoms with Gasteiger partial charge in [-0.1, -0.05) is 29.5 Å². The summed E-state index contributed by atoms with van der Waals surface area (Å²) in [5.41, 5.74) is 13.5. The molecular formula is C25H21N5O3S. The molecule has 34 heavy (non-hydrogen) atoms. The van der Waals surface area contributed by atoms with Crippen LogP contribution in [0.15, 0.2) is 72.8 Å². The average Bonchev–Trinajstić information content (AvgIpc) is 3.46. The van der Waals surface area contributed by atoms with Crippen LogP contribution >= 0.6 is 11.3 Å². The van der Waals surface area contributed by atoms with Crippen LogP contribution in [0.3, 0.4) is 0 Å². The predicted molar refractivity (Wildman–Crippen MR) is 132 cm³/mol. The zero-order valence-electron chi connectivity index (χ0n) is 18.2. The van der Waals surface area contributed by atoms with Crippen molar-refractivity contribution in [2.45, 2.75) is 6.54 Å². The quantitative estimate of drug-likeness (QED) is 0.247.